The molecule has 0 bridgehead atoms. The Bertz CT molecular complexity index is 436. The van der Waals surface area contributed by atoms with Crippen LogP contribution in [-0.2, 0) is 11.2 Å². The first kappa shape index (κ1) is 14.1. The number of hydrogen-bond acceptors (Lipinski definition) is 2. The average Bonchev–Trinajstić information content (AvgIpc) is 2.75. The van der Waals surface area contributed by atoms with Crippen LogP contribution in [0.5, 0.6) is 0 Å². The van der Waals surface area contributed by atoms with Gasteiger partial charge in [-0.25, -0.2) is 0 Å². The fourth-order valence-electron chi connectivity index (χ4n) is 2.79. The lowest BCUT2D eigenvalue weighted by Gasteiger charge is -2.21. The van der Waals surface area contributed by atoms with Crippen molar-refractivity contribution < 1.29 is 9.90 Å². The van der Waals surface area contributed by atoms with Gasteiger partial charge in [-0.05, 0) is 31.7 Å². The highest BCUT2D eigenvalue weighted by Crippen LogP contribution is 2.32. The highest BCUT2D eigenvalue weighted by atomic mass is 16.3. The quantitative estimate of drug-likeness (QED) is 0.854. The van der Waals surface area contributed by atoms with Crippen molar-refractivity contribution >= 4 is 5.91 Å². The maximum Gasteiger partial charge on any atom is 0.222 e. The Kier molecular flexibility index (Phi) is 4.59. The largest absolute Gasteiger partial charge is 0.389 e. The van der Waals surface area contributed by atoms with Gasteiger partial charge in [-0.2, -0.15) is 0 Å². The fraction of sp³-hybridized carbons (Fsp3) is 0.562. The minimum atomic E-state index is -0.743. The van der Waals surface area contributed by atoms with E-state index in [1.807, 2.05) is 6.07 Å². The molecule has 0 saturated heterocycles. The van der Waals surface area contributed by atoms with E-state index in [1.54, 1.807) is 0 Å². The monoisotopic (exact) mass is 261 g/mol. The molecule has 2 rings (SSSR count). The van der Waals surface area contributed by atoms with Crippen LogP contribution in [0.15, 0.2) is 24.3 Å². The van der Waals surface area contributed by atoms with E-state index in [1.165, 1.54) is 11.1 Å². The van der Waals surface area contributed by atoms with Gasteiger partial charge in [0.05, 0.1) is 12.0 Å². The number of benzene rings is 1. The van der Waals surface area contributed by atoms with Gasteiger partial charge in [-0.1, -0.05) is 42.7 Å². The number of amides is 1. The summed E-state index contributed by atoms with van der Waals surface area (Å²) in [6.45, 7) is 2.70. The molecule has 3 heteroatoms. The molecule has 1 aromatic carbocycles. The number of hydrogen-bond donors (Lipinski definition) is 2. The molecule has 1 saturated carbocycles. The first-order valence-corrected chi connectivity index (χ1v) is 7.12. The lowest BCUT2D eigenvalue weighted by Crippen LogP contribution is -2.35. The molecule has 1 fully saturated rings. The van der Waals surface area contributed by atoms with Crippen molar-refractivity contribution in [3.63, 3.8) is 0 Å². The smallest absolute Gasteiger partial charge is 0.222 e. The second kappa shape index (κ2) is 6.20. The van der Waals surface area contributed by atoms with E-state index in [4.69, 9.17) is 0 Å². The Labute approximate surface area is 115 Å². The molecule has 19 heavy (non-hydrogen) atoms. The second-order valence-corrected chi connectivity index (χ2v) is 5.70. The molecule has 1 amide bonds. The lowest BCUT2D eigenvalue weighted by atomic mass is 9.97. The maximum atomic E-state index is 11.8. The number of aliphatic hydroxyl groups is 1. The van der Waals surface area contributed by atoms with Gasteiger partial charge in [0.1, 0.15) is 0 Å². The molecule has 0 aliphatic heterocycles. The lowest BCUT2D eigenvalue weighted by molar-refractivity contribution is -0.125. The summed E-state index contributed by atoms with van der Waals surface area (Å²) in [5.74, 6) is -0.0305. The van der Waals surface area contributed by atoms with Crippen LogP contribution in [0.25, 0.3) is 0 Å². The van der Waals surface area contributed by atoms with Crippen LogP contribution in [-0.4, -0.2) is 23.2 Å². The van der Waals surface area contributed by atoms with Crippen molar-refractivity contribution in [2.45, 2.75) is 51.0 Å². The van der Waals surface area contributed by atoms with E-state index < -0.39 is 5.60 Å². The van der Waals surface area contributed by atoms with Crippen LogP contribution in [0.3, 0.4) is 0 Å². The van der Waals surface area contributed by atoms with Crippen molar-refractivity contribution in [2.75, 3.05) is 6.54 Å². The van der Waals surface area contributed by atoms with Crippen LogP contribution in [0.2, 0.25) is 0 Å². The van der Waals surface area contributed by atoms with Gasteiger partial charge in [0.2, 0.25) is 5.91 Å². The van der Waals surface area contributed by atoms with Crippen LogP contribution < -0.4 is 5.32 Å². The van der Waals surface area contributed by atoms with E-state index >= 15 is 0 Å². The third kappa shape index (κ3) is 4.35. The standard InChI is InChI=1S/C16H23NO2/c1-13-5-4-6-14(11-13)7-10-17-15(18)12-16(19)8-2-3-9-16/h4-6,11,19H,2-3,7-10,12H2,1H3,(H,17,18). The summed E-state index contributed by atoms with van der Waals surface area (Å²) in [4.78, 5) is 11.8. The molecule has 0 unspecified atom stereocenters. The summed E-state index contributed by atoms with van der Waals surface area (Å²) in [6, 6.07) is 8.31. The Morgan fingerprint density at radius 2 is 2.11 bits per heavy atom. The third-order valence-electron chi connectivity index (χ3n) is 3.84. The molecular formula is C16H23NO2. The van der Waals surface area contributed by atoms with E-state index in [-0.39, 0.29) is 12.3 Å². The minimum absolute atomic E-state index is 0.0305. The molecule has 2 N–H and O–H groups in total. The Balaban J connectivity index is 1.72. The van der Waals surface area contributed by atoms with Crippen molar-refractivity contribution in [3.05, 3.63) is 35.4 Å². The summed E-state index contributed by atoms with van der Waals surface area (Å²) < 4.78 is 0. The predicted molar refractivity (Wildman–Crippen MR) is 75.9 cm³/mol. The number of rotatable bonds is 5. The van der Waals surface area contributed by atoms with Gasteiger partial charge < -0.3 is 10.4 Å². The fourth-order valence-corrected chi connectivity index (χ4v) is 2.79. The predicted octanol–water partition coefficient (Wildman–Crippen LogP) is 2.35. The number of nitrogens with one attached hydrogen (secondary N) is 1. The summed E-state index contributed by atoms with van der Waals surface area (Å²) in [5, 5.41) is 13.1. The zero-order chi connectivity index (χ0) is 13.7. The Morgan fingerprint density at radius 3 is 2.79 bits per heavy atom. The normalized spacial score (nSPS) is 17.4. The molecule has 0 atom stereocenters. The molecular weight excluding hydrogens is 238 g/mol. The zero-order valence-corrected chi connectivity index (χ0v) is 11.6. The second-order valence-electron chi connectivity index (χ2n) is 5.70. The molecule has 0 heterocycles. The highest BCUT2D eigenvalue weighted by molar-refractivity contribution is 5.77. The summed E-state index contributed by atoms with van der Waals surface area (Å²) in [7, 11) is 0. The van der Waals surface area contributed by atoms with Crippen molar-refractivity contribution in [1.82, 2.24) is 5.32 Å². The van der Waals surface area contributed by atoms with Gasteiger partial charge in [0, 0.05) is 6.54 Å². The Morgan fingerprint density at radius 1 is 1.37 bits per heavy atom. The molecule has 0 aromatic heterocycles. The molecule has 1 aliphatic rings. The third-order valence-corrected chi connectivity index (χ3v) is 3.84. The molecule has 1 aliphatic carbocycles. The zero-order valence-electron chi connectivity index (χ0n) is 11.6. The van der Waals surface area contributed by atoms with Gasteiger partial charge in [0.25, 0.3) is 0 Å². The van der Waals surface area contributed by atoms with E-state index in [2.05, 4.69) is 30.4 Å². The summed E-state index contributed by atoms with van der Waals surface area (Å²) in [5.41, 5.74) is 1.73. The Hall–Kier alpha value is -1.35. The van der Waals surface area contributed by atoms with Crippen molar-refractivity contribution in [2.24, 2.45) is 0 Å². The van der Waals surface area contributed by atoms with E-state index in [9.17, 15) is 9.90 Å². The highest BCUT2D eigenvalue weighted by Gasteiger charge is 2.33. The number of carbonyl (C=O) groups is 1. The van der Waals surface area contributed by atoms with Gasteiger partial charge in [-0.3, -0.25) is 4.79 Å². The molecule has 3 nitrogen and oxygen atoms in total. The first-order valence-electron chi connectivity index (χ1n) is 7.12. The van der Waals surface area contributed by atoms with Crippen LogP contribution in [0.1, 0.15) is 43.2 Å². The van der Waals surface area contributed by atoms with Crippen molar-refractivity contribution in [3.8, 4) is 0 Å². The molecule has 0 radical (unpaired) electrons. The summed E-state index contributed by atoms with van der Waals surface area (Å²) >= 11 is 0. The minimum Gasteiger partial charge on any atom is -0.389 e. The first-order chi connectivity index (χ1) is 9.07. The van der Waals surface area contributed by atoms with Crippen LogP contribution in [0, 0.1) is 6.92 Å². The van der Waals surface area contributed by atoms with E-state index in [0.717, 1.165) is 32.1 Å². The SMILES string of the molecule is Cc1cccc(CCNC(=O)CC2(O)CCCC2)c1. The van der Waals surface area contributed by atoms with Gasteiger partial charge >= 0.3 is 0 Å². The van der Waals surface area contributed by atoms with Gasteiger partial charge in [0.15, 0.2) is 0 Å². The number of aryl methyl sites for hydroxylation is 1. The molecule has 1 aromatic rings. The van der Waals surface area contributed by atoms with Crippen LogP contribution in [0.4, 0.5) is 0 Å². The molecule has 104 valence electrons. The van der Waals surface area contributed by atoms with Gasteiger partial charge in [-0.15, -0.1) is 0 Å². The maximum absolute atomic E-state index is 11.8. The topological polar surface area (TPSA) is 49.3 Å². The number of carbonyl (C=O) groups excluding carboxylic acids is 1. The summed E-state index contributed by atoms with van der Waals surface area (Å²) in [6.07, 6.45) is 4.68. The van der Waals surface area contributed by atoms with Crippen molar-refractivity contribution in [1.29, 1.82) is 0 Å². The molecule has 0 spiro atoms. The van der Waals surface area contributed by atoms with Crippen LogP contribution >= 0.6 is 0 Å². The average molecular weight is 261 g/mol. The van der Waals surface area contributed by atoms with E-state index in [0.29, 0.717) is 6.54 Å².